The van der Waals surface area contributed by atoms with Crippen LogP contribution in [0.4, 0.5) is 5.69 Å². The van der Waals surface area contributed by atoms with E-state index in [0.29, 0.717) is 18.7 Å². The quantitative estimate of drug-likeness (QED) is 0.652. The van der Waals surface area contributed by atoms with Crippen molar-refractivity contribution in [2.24, 2.45) is 0 Å². The maximum atomic E-state index is 12.7. The van der Waals surface area contributed by atoms with E-state index in [1.54, 1.807) is 12.1 Å². The third-order valence-electron chi connectivity index (χ3n) is 4.68. The van der Waals surface area contributed by atoms with Crippen LogP contribution in [0, 0.1) is 13.8 Å². The van der Waals surface area contributed by atoms with Crippen LogP contribution in [0.5, 0.6) is 0 Å². The Balaban J connectivity index is 2.02. The van der Waals surface area contributed by atoms with Crippen LogP contribution in [-0.2, 0) is 21.2 Å². The number of nitrogens with zero attached hydrogens (tertiary/aromatic N) is 1. The number of anilines is 1. The van der Waals surface area contributed by atoms with Gasteiger partial charge in [0.15, 0.2) is 0 Å². The lowest BCUT2D eigenvalue weighted by molar-refractivity contribution is -0.122. The van der Waals surface area contributed by atoms with Crippen molar-refractivity contribution in [3.05, 3.63) is 65.2 Å². The number of amides is 1. The fourth-order valence-corrected chi connectivity index (χ4v) is 4.34. The number of aryl methyl sites for hydroxylation is 3. The molecule has 0 aliphatic carbocycles. The first-order valence-corrected chi connectivity index (χ1v) is 11.5. The van der Waals surface area contributed by atoms with E-state index in [4.69, 9.17) is 0 Å². The SMILES string of the molecule is CC[C@@H](C(=O)NCCCc1ccc(C)cc1)N(c1ccc(C)cc1)S(C)(=O)=O. The van der Waals surface area contributed by atoms with E-state index in [2.05, 4.69) is 36.5 Å². The zero-order valence-corrected chi connectivity index (χ0v) is 17.9. The van der Waals surface area contributed by atoms with Crippen molar-refractivity contribution in [1.29, 1.82) is 0 Å². The third-order valence-corrected chi connectivity index (χ3v) is 5.86. The van der Waals surface area contributed by atoms with Crippen LogP contribution in [0.3, 0.4) is 0 Å². The first-order valence-electron chi connectivity index (χ1n) is 9.61. The predicted molar refractivity (Wildman–Crippen MR) is 115 cm³/mol. The van der Waals surface area contributed by atoms with Gasteiger partial charge in [-0.3, -0.25) is 9.10 Å². The number of carbonyl (C=O) groups excluding carboxylic acids is 1. The Hall–Kier alpha value is -2.34. The second kappa shape index (κ2) is 9.73. The largest absolute Gasteiger partial charge is 0.354 e. The average Bonchev–Trinajstić information content (AvgIpc) is 2.64. The lowest BCUT2D eigenvalue weighted by Gasteiger charge is -2.30. The van der Waals surface area contributed by atoms with Crippen LogP contribution < -0.4 is 9.62 Å². The standard InChI is InChI=1S/C22H30N2O3S/c1-5-21(24(28(4,26)27)20-14-10-18(3)11-15-20)22(25)23-16-6-7-19-12-8-17(2)9-13-19/h8-15,21H,5-7,16H2,1-4H3,(H,23,25)/t21-/m0/s1. The highest BCUT2D eigenvalue weighted by molar-refractivity contribution is 7.92. The van der Waals surface area contributed by atoms with Gasteiger partial charge >= 0.3 is 0 Å². The van der Waals surface area contributed by atoms with E-state index in [1.807, 2.05) is 26.0 Å². The highest BCUT2D eigenvalue weighted by Crippen LogP contribution is 2.23. The molecule has 5 nitrogen and oxygen atoms in total. The second-order valence-electron chi connectivity index (χ2n) is 7.20. The van der Waals surface area contributed by atoms with E-state index in [1.165, 1.54) is 15.4 Å². The van der Waals surface area contributed by atoms with E-state index in [0.717, 1.165) is 24.7 Å². The minimum Gasteiger partial charge on any atom is -0.354 e. The molecule has 0 spiro atoms. The Morgan fingerprint density at radius 3 is 2.04 bits per heavy atom. The fourth-order valence-electron chi connectivity index (χ4n) is 3.13. The summed E-state index contributed by atoms with van der Waals surface area (Å²) in [6.07, 6.45) is 3.20. The van der Waals surface area contributed by atoms with Gasteiger partial charge in [-0.15, -0.1) is 0 Å². The van der Waals surface area contributed by atoms with E-state index < -0.39 is 16.1 Å². The maximum Gasteiger partial charge on any atom is 0.243 e. The number of hydrogen-bond donors (Lipinski definition) is 1. The molecule has 1 atom stereocenters. The first kappa shape index (κ1) is 22.0. The smallest absolute Gasteiger partial charge is 0.243 e. The van der Waals surface area contributed by atoms with Crippen LogP contribution in [-0.4, -0.2) is 33.2 Å². The number of hydrogen-bond acceptors (Lipinski definition) is 3. The molecule has 0 fully saturated rings. The monoisotopic (exact) mass is 402 g/mol. The molecule has 2 aromatic carbocycles. The van der Waals surface area contributed by atoms with Crippen molar-refractivity contribution in [2.75, 3.05) is 17.1 Å². The molecule has 0 saturated heterocycles. The summed E-state index contributed by atoms with van der Waals surface area (Å²) in [5.41, 5.74) is 3.99. The summed E-state index contributed by atoms with van der Waals surface area (Å²) in [6.45, 7) is 6.32. The summed E-state index contributed by atoms with van der Waals surface area (Å²) in [6, 6.07) is 14.7. The molecule has 0 aromatic heterocycles. The van der Waals surface area contributed by atoms with Crippen LogP contribution in [0.25, 0.3) is 0 Å². The van der Waals surface area contributed by atoms with Gasteiger partial charge in [-0.05, 0) is 50.8 Å². The van der Waals surface area contributed by atoms with Crippen molar-refractivity contribution < 1.29 is 13.2 Å². The number of nitrogens with one attached hydrogen (secondary N) is 1. The molecule has 152 valence electrons. The molecular weight excluding hydrogens is 372 g/mol. The van der Waals surface area contributed by atoms with Gasteiger partial charge in [0, 0.05) is 6.54 Å². The van der Waals surface area contributed by atoms with E-state index in [-0.39, 0.29) is 5.91 Å². The van der Waals surface area contributed by atoms with Crippen molar-refractivity contribution in [2.45, 2.75) is 46.1 Å². The van der Waals surface area contributed by atoms with E-state index in [9.17, 15) is 13.2 Å². The Morgan fingerprint density at radius 1 is 1.00 bits per heavy atom. The summed E-state index contributed by atoms with van der Waals surface area (Å²) in [7, 11) is -3.59. The molecule has 6 heteroatoms. The summed E-state index contributed by atoms with van der Waals surface area (Å²) in [4.78, 5) is 12.7. The van der Waals surface area contributed by atoms with Gasteiger partial charge < -0.3 is 5.32 Å². The topological polar surface area (TPSA) is 66.5 Å². The number of carbonyl (C=O) groups is 1. The molecule has 0 unspecified atom stereocenters. The number of benzene rings is 2. The molecule has 0 saturated carbocycles. The average molecular weight is 403 g/mol. The van der Waals surface area contributed by atoms with Crippen molar-refractivity contribution in [3.63, 3.8) is 0 Å². The molecule has 1 amide bonds. The molecule has 2 aromatic rings. The highest BCUT2D eigenvalue weighted by Gasteiger charge is 2.31. The van der Waals surface area contributed by atoms with Crippen LogP contribution in [0.2, 0.25) is 0 Å². The molecule has 0 radical (unpaired) electrons. The lowest BCUT2D eigenvalue weighted by atomic mass is 10.1. The molecular formula is C22H30N2O3S. The van der Waals surface area contributed by atoms with Crippen LogP contribution >= 0.6 is 0 Å². The Morgan fingerprint density at radius 2 is 1.54 bits per heavy atom. The van der Waals surface area contributed by atoms with Crippen LogP contribution in [0.15, 0.2) is 48.5 Å². The van der Waals surface area contributed by atoms with Gasteiger partial charge in [-0.25, -0.2) is 8.42 Å². The lowest BCUT2D eigenvalue weighted by Crippen LogP contribution is -2.49. The zero-order chi connectivity index (χ0) is 20.7. The zero-order valence-electron chi connectivity index (χ0n) is 17.1. The van der Waals surface area contributed by atoms with Gasteiger partial charge in [0.1, 0.15) is 6.04 Å². The summed E-state index contributed by atoms with van der Waals surface area (Å²) < 4.78 is 26.0. The van der Waals surface area contributed by atoms with Crippen molar-refractivity contribution in [3.8, 4) is 0 Å². The van der Waals surface area contributed by atoms with Crippen molar-refractivity contribution in [1.82, 2.24) is 5.32 Å². The first-order chi connectivity index (χ1) is 13.2. The van der Waals surface area contributed by atoms with Gasteiger partial charge in [-0.1, -0.05) is 54.4 Å². The molecule has 2 rings (SSSR count). The van der Waals surface area contributed by atoms with Gasteiger partial charge in [0.25, 0.3) is 0 Å². The Bertz CT molecular complexity index is 875. The van der Waals surface area contributed by atoms with Crippen molar-refractivity contribution >= 4 is 21.6 Å². The molecule has 1 N–H and O–H groups in total. The number of sulfonamides is 1. The van der Waals surface area contributed by atoms with Gasteiger partial charge in [0.2, 0.25) is 15.9 Å². The molecule has 0 heterocycles. The molecule has 0 bridgehead atoms. The predicted octanol–water partition coefficient (Wildman–Crippen LogP) is 3.60. The summed E-state index contributed by atoms with van der Waals surface area (Å²) >= 11 is 0. The molecule has 28 heavy (non-hydrogen) atoms. The Kier molecular flexibility index (Phi) is 7.63. The second-order valence-corrected chi connectivity index (χ2v) is 9.06. The minimum absolute atomic E-state index is 0.266. The fraction of sp³-hybridized carbons (Fsp3) is 0.409. The maximum absolute atomic E-state index is 12.7. The normalized spacial score (nSPS) is 12.4. The third kappa shape index (κ3) is 6.09. The molecule has 0 aliphatic rings. The van der Waals surface area contributed by atoms with Gasteiger partial charge in [0.05, 0.1) is 11.9 Å². The van der Waals surface area contributed by atoms with Gasteiger partial charge in [-0.2, -0.15) is 0 Å². The highest BCUT2D eigenvalue weighted by atomic mass is 32.2. The minimum atomic E-state index is -3.59. The summed E-state index contributed by atoms with van der Waals surface area (Å²) in [5.74, 6) is -0.266. The molecule has 0 aliphatic heterocycles. The summed E-state index contributed by atoms with van der Waals surface area (Å²) in [5, 5.41) is 2.90. The van der Waals surface area contributed by atoms with Crippen LogP contribution in [0.1, 0.15) is 36.5 Å². The number of rotatable bonds is 9. The Labute approximate surface area is 168 Å². The van der Waals surface area contributed by atoms with E-state index >= 15 is 0 Å².